The van der Waals surface area contributed by atoms with Crippen molar-refractivity contribution in [2.45, 2.75) is 50.6 Å². The Morgan fingerprint density at radius 3 is 2.09 bits per heavy atom. The highest BCUT2D eigenvalue weighted by molar-refractivity contribution is 5.95. The van der Waals surface area contributed by atoms with E-state index in [9.17, 15) is 24.3 Å². The average molecular weight is 483 g/mol. The molecule has 35 heavy (non-hydrogen) atoms. The van der Waals surface area contributed by atoms with Crippen LogP contribution in [0.15, 0.2) is 54.6 Å². The van der Waals surface area contributed by atoms with Crippen molar-refractivity contribution in [1.82, 2.24) is 10.6 Å². The van der Waals surface area contributed by atoms with E-state index in [1.54, 1.807) is 42.5 Å². The van der Waals surface area contributed by atoms with Crippen LogP contribution < -0.4 is 16.4 Å². The molecule has 0 bridgehead atoms. The number of unbranched alkanes of at least 4 members (excludes halogenated alkanes) is 1. The van der Waals surface area contributed by atoms with E-state index in [2.05, 4.69) is 10.6 Å². The summed E-state index contributed by atoms with van der Waals surface area (Å²) in [5.41, 5.74) is 7.77. The summed E-state index contributed by atoms with van der Waals surface area (Å²) in [6, 6.07) is 13.3. The number of rotatable bonds is 14. The minimum atomic E-state index is -1.39. The predicted molar refractivity (Wildman–Crippen MR) is 129 cm³/mol. The molecule has 0 aliphatic heterocycles. The van der Waals surface area contributed by atoms with Crippen molar-refractivity contribution in [2.75, 3.05) is 0 Å². The van der Waals surface area contributed by atoms with E-state index >= 15 is 0 Å². The fraction of sp³-hybridized carbons (Fsp3) is 0.320. The van der Waals surface area contributed by atoms with Crippen LogP contribution in [-0.2, 0) is 32.0 Å². The number of nitrogens with two attached hydrogens (primary N) is 1. The van der Waals surface area contributed by atoms with Crippen molar-refractivity contribution < 1.29 is 29.4 Å². The van der Waals surface area contributed by atoms with E-state index in [0.717, 1.165) is 5.56 Å². The lowest BCUT2D eigenvalue weighted by Crippen LogP contribution is -2.52. The highest BCUT2D eigenvalue weighted by Crippen LogP contribution is 2.09. The number of aliphatic carboxylic acids is 2. The van der Waals surface area contributed by atoms with Crippen LogP contribution in [0.4, 0.5) is 0 Å². The van der Waals surface area contributed by atoms with E-state index in [4.69, 9.17) is 16.2 Å². The lowest BCUT2D eigenvalue weighted by molar-refractivity contribution is -0.143. The van der Waals surface area contributed by atoms with Gasteiger partial charge in [-0.3, -0.25) is 19.8 Å². The number of benzene rings is 2. The normalized spacial score (nSPS) is 12.2. The Kier molecular flexibility index (Phi) is 10.4. The van der Waals surface area contributed by atoms with Gasteiger partial charge in [0.2, 0.25) is 11.8 Å². The minimum absolute atomic E-state index is 0.0112. The quantitative estimate of drug-likeness (QED) is 0.134. The summed E-state index contributed by atoms with van der Waals surface area (Å²) < 4.78 is 0. The van der Waals surface area contributed by atoms with Crippen LogP contribution in [0.5, 0.6) is 0 Å². The zero-order valence-electron chi connectivity index (χ0n) is 19.2. The van der Waals surface area contributed by atoms with E-state index in [1.165, 1.54) is 0 Å². The molecule has 2 amide bonds. The molecule has 2 atom stereocenters. The van der Waals surface area contributed by atoms with Gasteiger partial charge >= 0.3 is 11.9 Å². The van der Waals surface area contributed by atoms with E-state index in [0.29, 0.717) is 30.4 Å². The summed E-state index contributed by atoms with van der Waals surface area (Å²) in [4.78, 5) is 47.8. The predicted octanol–water partition coefficient (Wildman–Crippen LogP) is 1.46. The number of carboxylic acid groups (broad SMARTS) is 2. The first-order chi connectivity index (χ1) is 16.7. The van der Waals surface area contributed by atoms with Crippen molar-refractivity contribution in [2.24, 2.45) is 5.73 Å². The Morgan fingerprint density at radius 2 is 1.51 bits per heavy atom. The average Bonchev–Trinajstić information content (AvgIpc) is 2.81. The smallest absolute Gasteiger partial charge is 0.326 e. The Hall–Kier alpha value is -4.21. The van der Waals surface area contributed by atoms with Crippen molar-refractivity contribution in [1.29, 1.82) is 5.41 Å². The SMILES string of the molecule is N=C(N)c1ccc(CCCCC(=O)N[C@@H](CC(=O)O)C(=O)N[C@@H](Cc2ccccc2)C(=O)O)cc1. The Labute approximate surface area is 203 Å². The molecule has 7 N–H and O–H groups in total. The molecule has 0 heterocycles. The summed E-state index contributed by atoms with van der Waals surface area (Å²) >= 11 is 0. The first kappa shape index (κ1) is 27.0. The number of carbonyl (C=O) groups is 4. The molecule has 0 spiro atoms. The maximum absolute atomic E-state index is 12.6. The fourth-order valence-electron chi connectivity index (χ4n) is 3.44. The van der Waals surface area contributed by atoms with Gasteiger partial charge in [-0.05, 0) is 30.4 Å². The lowest BCUT2D eigenvalue weighted by atomic mass is 10.0. The third-order valence-electron chi connectivity index (χ3n) is 5.31. The molecule has 2 aromatic carbocycles. The molecule has 2 rings (SSSR count). The molecule has 0 radical (unpaired) electrons. The monoisotopic (exact) mass is 482 g/mol. The molecule has 10 nitrogen and oxygen atoms in total. The van der Waals surface area contributed by atoms with Gasteiger partial charge in [0.05, 0.1) is 6.42 Å². The molecular weight excluding hydrogens is 452 g/mol. The standard InChI is InChI=1S/C25H30N4O6/c26-23(27)18-12-10-16(11-13-18)6-4-5-9-21(30)28-19(15-22(31)32)24(33)29-20(25(34)35)14-17-7-2-1-3-8-17/h1-3,7-8,10-13,19-20H,4-6,9,14-15H2,(H3,26,27)(H,28,30)(H,29,33)(H,31,32)(H,34,35)/t19-,20-/m0/s1. The van der Waals surface area contributed by atoms with Gasteiger partial charge in [-0.15, -0.1) is 0 Å². The second-order valence-corrected chi connectivity index (χ2v) is 8.12. The van der Waals surface area contributed by atoms with Crippen molar-refractivity contribution in [3.05, 3.63) is 71.3 Å². The number of amidine groups is 1. The van der Waals surface area contributed by atoms with Crippen LogP contribution in [0, 0.1) is 5.41 Å². The highest BCUT2D eigenvalue weighted by Gasteiger charge is 2.28. The van der Waals surface area contributed by atoms with Crippen LogP contribution in [0.3, 0.4) is 0 Å². The molecule has 2 aromatic rings. The van der Waals surface area contributed by atoms with Crippen molar-refractivity contribution >= 4 is 29.6 Å². The Balaban J connectivity index is 1.87. The van der Waals surface area contributed by atoms with Crippen molar-refractivity contribution in [3.63, 3.8) is 0 Å². The van der Waals surface area contributed by atoms with E-state index in [1.807, 2.05) is 12.1 Å². The number of amides is 2. The van der Waals surface area contributed by atoms with Crippen LogP contribution >= 0.6 is 0 Å². The summed E-state index contributed by atoms with van der Waals surface area (Å²) in [6.07, 6.45) is 1.32. The maximum Gasteiger partial charge on any atom is 0.326 e. The zero-order valence-corrected chi connectivity index (χ0v) is 19.2. The van der Waals surface area contributed by atoms with Crippen LogP contribution in [0.1, 0.15) is 42.4 Å². The number of aryl methyl sites for hydroxylation is 1. The summed E-state index contributed by atoms with van der Waals surface area (Å²) in [7, 11) is 0. The highest BCUT2D eigenvalue weighted by atomic mass is 16.4. The lowest BCUT2D eigenvalue weighted by Gasteiger charge is -2.20. The van der Waals surface area contributed by atoms with Gasteiger partial charge in [-0.2, -0.15) is 0 Å². The van der Waals surface area contributed by atoms with Gasteiger partial charge in [0.1, 0.15) is 17.9 Å². The molecule has 0 fully saturated rings. The topological polar surface area (TPSA) is 183 Å². The van der Waals surface area contributed by atoms with Crippen LogP contribution in [0.2, 0.25) is 0 Å². The molecule has 0 aromatic heterocycles. The van der Waals surface area contributed by atoms with Crippen LogP contribution in [0.25, 0.3) is 0 Å². The number of nitrogen functional groups attached to an aromatic ring is 1. The number of hydrogen-bond donors (Lipinski definition) is 6. The van der Waals surface area contributed by atoms with Gasteiger partial charge in [0.25, 0.3) is 0 Å². The number of carbonyl (C=O) groups excluding carboxylic acids is 2. The zero-order chi connectivity index (χ0) is 25.8. The van der Waals surface area contributed by atoms with Gasteiger partial charge in [-0.1, -0.05) is 54.6 Å². The first-order valence-electron chi connectivity index (χ1n) is 11.2. The minimum Gasteiger partial charge on any atom is -0.481 e. The molecule has 0 aliphatic carbocycles. The van der Waals surface area contributed by atoms with E-state index < -0.39 is 42.3 Å². The molecule has 0 unspecified atom stereocenters. The van der Waals surface area contributed by atoms with Crippen LogP contribution in [-0.4, -0.2) is 51.9 Å². The third kappa shape index (κ3) is 9.66. The van der Waals surface area contributed by atoms with Gasteiger partial charge in [0, 0.05) is 18.4 Å². The van der Waals surface area contributed by atoms with E-state index in [-0.39, 0.29) is 18.7 Å². The molecule has 0 saturated carbocycles. The van der Waals surface area contributed by atoms with Gasteiger partial charge in [0.15, 0.2) is 0 Å². The second kappa shape index (κ2) is 13.5. The summed E-state index contributed by atoms with van der Waals surface area (Å²) in [6.45, 7) is 0. The number of hydrogen-bond acceptors (Lipinski definition) is 5. The number of carboxylic acids is 2. The fourth-order valence-corrected chi connectivity index (χ4v) is 3.44. The Bertz CT molecular complexity index is 1040. The molecular formula is C25H30N4O6. The largest absolute Gasteiger partial charge is 0.481 e. The summed E-state index contributed by atoms with van der Waals surface area (Å²) in [5, 5.41) is 30.8. The molecule has 0 saturated heterocycles. The van der Waals surface area contributed by atoms with Gasteiger partial charge < -0.3 is 26.6 Å². The molecule has 186 valence electrons. The maximum atomic E-state index is 12.6. The Morgan fingerprint density at radius 1 is 0.857 bits per heavy atom. The van der Waals surface area contributed by atoms with Crippen molar-refractivity contribution in [3.8, 4) is 0 Å². The summed E-state index contributed by atoms with van der Waals surface area (Å²) in [5.74, 6) is -3.93. The molecule has 10 heteroatoms. The molecule has 0 aliphatic rings. The third-order valence-corrected chi connectivity index (χ3v) is 5.31. The first-order valence-corrected chi connectivity index (χ1v) is 11.2. The second-order valence-electron chi connectivity index (χ2n) is 8.12. The van der Waals surface area contributed by atoms with Gasteiger partial charge in [-0.25, -0.2) is 4.79 Å². The number of nitrogens with one attached hydrogen (secondary N) is 3.